The summed E-state index contributed by atoms with van der Waals surface area (Å²) >= 11 is 21.2. The van der Waals surface area contributed by atoms with E-state index < -0.39 is 0 Å². The average Bonchev–Trinajstić information content (AvgIpc) is 2.69. The molecule has 150 valence electrons. The highest BCUT2D eigenvalue weighted by Gasteiger charge is 2.08. The normalized spacial score (nSPS) is 10.5. The first kappa shape index (κ1) is 21.8. The fourth-order valence-electron chi connectivity index (χ4n) is 2.46. The van der Waals surface area contributed by atoms with Gasteiger partial charge in [0, 0.05) is 22.9 Å². The third-order valence-electron chi connectivity index (χ3n) is 3.90. The molecule has 0 atom stereocenters. The minimum absolute atomic E-state index is 0.138. The Labute approximate surface area is 192 Å². The summed E-state index contributed by atoms with van der Waals surface area (Å²) in [5, 5.41) is 7.52. The molecular formula is C21H16BrCl3N2O2. The van der Waals surface area contributed by atoms with Crippen molar-refractivity contribution in [2.75, 3.05) is 17.2 Å². The Morgan fingerprint density at radius 1 is 0.897 bits per heavy atom. The van der Waals surface area contributed by atoms with E-state index in [0.29, 0.717) is 33.0 Å². The van der Waals surface area contributed by atoms with Gasteiger partial charge in [-0.25, -0.2) is 0 Å². The molecule has 8 heteroatoms. The van der Waals surface area contributed by atoms with Crippen LogP contribution in [0.5, 0.6) is 5.75 Å². The third-order valence-corrected chi connectivity index (χ3v) is 5.51. The van der Waals surface area contributed by atoms with Crippen molar-refractivity contribution in [1.82, 2.24) is 0 Å². The highest BCUT2D eigenvalue weighted by Crippen LogP contribution is 2.27. The van der Waals surface area contributed by atoms with Crippen molar-refractivity contribution in [3.8, 4) is 5.75 Å². The van der Waals surface area contributed by atoms with E-state index in [2.05, 4.69) is 26.6 Å². The Bertz CT molecular complexity index is 1010. The van der Waals surface area contributed by atoms with Crippen LogP contribution in [0.2, 0.25) is 15.1 Å². The predicted molar refractivity (Wildman–Crippen MR) is 124 cm³/mol. The second-order valence-electron chi connectivity index (χ2n) is 6.09. The van der Waals surface area contributed by atoms with Gasteiger partial charge in [0.15, 0.2) is 6.61 Å². The number of ether oxygens (including phenoxy) is 1. The zero-order valence-corrected chi connectivity index (χ0v) is 18.9. The summed E-state index contributed by atoms with van der Waals surface area (Å²) < 4.78 is 6.36. The molecule has 0 unspecified atom stereocenters. The molecule has 0 saturated heterocycles. The van der Waals surface area contributed by atoms with Crippen LogP contribution in [0.1, 0.15) is 5.56 Å². The predicted octanol–water partition coefficient (Wildman–Crippen LogP) is 7.04. The molecule has 0 saturated carbocycles. The van der Waals surface area contributed by atoms with Crippen LogP contribution in [0, 0.1) is 0 Å². The Morgan fingerprint density at radius 2 is 1.62 bits per heavy atom. The van der Waals surface area contributed by atoms with Gasteiger partial charge in [-0.15, -0.1) is 0 Å². The first-order chi connectivity index (χ1) is 13.9. The number of anilines is 2. The van der Waals surface area contributed by atoms with Crippen LogP contribution >= 0.6 is 50.7 Å². The lowest BCUT2D eigenvalue weighted by Crippen LogP contribution is -2.20. The molecule has 0 heterocycles. The van der Waals surface area contributed by atoms with Gasteiger partial charge in [-0.1, -0.05) is 40.9 Å². The van der Waals surface area contributed by atoms with Crippen LogP contribution < -0.4 is 15.4 Å². The number of nitrogens with one attached hydrogen (secondary N) is 2. The highest BCUT2D eigenvalue weighted by atomic mass is 79.9. The van der Waals surface area contributed by atoms with Crippen LogP contribution in [-0.2, 0) is 11.3 Å². The fourth-order valence-corrected chi connectivity index (χ4v) is 3.42. The molecule has 0 aliphatic carbocycles. The molecule has 0 bridgehead atoms. The second kappa shape index (κ2) is 10.2. The van der Waals surface area contributed by atoms with Crippen molar-refractivity contribution < 1.29 is 9.53 Å². The van der Waals surface area contributed by atoms with Crippen LogP contribution in [0.4, 0.5) is 11.4 Å². The molecule has 0 fully saturated rings. The molecule has 0 aromatic heterocycles. The largest absolute Gasteiger partial charge is 0.483 e. The van der Waals surface area contributed by atoms with Gasteiger partial charge < -0.3 is 15.4 Å². The van der Waals surface area contributed by atoms with Gasteiger partial charge in [0.05, 0.1) is 14.5 Å². The van der Waals surface area contributed by atoms with E-state index in [1.165, 1.54) is 0 Å². The number of hydrogen-bond acceptors (Lipinski definition) is 3. The number of halogens is 4. The van der Waals surface area contributed by atoms with Crippen LogP contribution in [0.25, 0.3) is 0 Å². The van der Waals surface area contributed by atoms with Gasteiger partial charge in [-0.3, -0.25) is 4.79 Å². The number of carbonyl (C=O) groups excluding carboxylic acids is 1. The smallest absolute Gasteiger partial charge is 0.262 e. The molecule has 3 aromatic carbocycles. The minimum Gasteiger partial charge on any atom is -0.483 e. The molecular weight excluding hydrogens is 499 g/mol. The van der Waals surface area contributed by atoms with Crippen LogP contribution in [0.15, 0.2) is 65.1 Å². The molecule has 3 rings (SSSR count). The topological polar surface area (TPSA) is 50.4 Å². The Kier molecular flexibility index (Phi) is 7.67. The van der Waals surface area contributed by atoms with E-state index in [4.69, 9.17) is 39.5 Å². The van der Waals surface area contributed by atoms with E-state index >= 15 is 0 Å². The lowest BCUT2D eigenvalue weighted by Gasteiger charge is -2.11. The first-order valence-electron chi connectivity index (χ1n) is 8.56. The summed E-state index contributed by atoms with van der Waals surface area (Å²) in [4.78, 5) is 12.1. The summed E-state index contributed by atoms with van der Waals surface area (Å²) in [7, 11) is 0. The summed E-state index contributed by atoms with van der Waals surface area (Å²) in [5.41, 5.74) is 2.58. The Hall–Kier alpha value is -1.92. The van der Waals surface area contributed by atoms with Gasteiger partial charge in [0.2, 0.25) is 0 Å². The zero-order chi connectivity index (χ0) is 20.8. The molecule has 2 N–H and O–H groups in total. The standard InChI is InChI=1S/C21H16BrCl3N2O2/c22-17-9-13(11-26-15-4-2-14(23)3-5-15)1-8-20(17)29-12-21(28)27-16-6-7-18(24)19(25)10-16/h1-10,26H,11-12H2,(H,27,28). The first-order valence-corrected chi connectivity index (χ1v) is 10.5. The quantitative estimate of drug-likeness (QED) is 0.356. The van der Waals surface area contributed by atoms with Gasteiger partial charge in [-0.2, -0.15) is 0 Å². The highest BCUT2D eigenvalue weighted by molar-refractivity contribution is 9.10. The van der Waals surface area contributed by atoms with E-state index in [0.717, 1.165) is 15.7 Å². The number of benzene rings is 3. The van der Waals surface area contributed by atoms with Crippen molar-refractivity contribution in [1.29, 1.82) is 0 Å². The third kappa shape index (κ3) is 6.54. The summed E-state index contributed by atoms with van der Waals surface area (Å²) in [6, 6.07) is 18.1. The van der Waals surface area contributed by atoms with Crippen molar-refractivity contribution in [2.45, 2.75) is 6.54 Å². The lowest BCUT2D eigenvalue weighted by atomic mass is 10.2. The van der Waals surface area contributed by atoms with E-state index in [-0.39, 0.29) is 12.5 Å². The van der Waals surface area contributed by atoms with E-state index in [1.54, 1.807) is 18.2 Å². The Balaban J connectivity index is 1.52. The summed E-state index contributed by atoms with van der Waals surface area (Å²) in [6.45, 7) is 0.500. The maximum atomic E-state index is 12.1. The van der Waals surface area contributed by atoms with Gasteiger partial charge in [0.25, 0.3) is 5.91 Å². The maximum absolute atomic E-state index is 12.1. The molecule has 0 aliphatic heterocycles. The molecule has 4 nitrogen and oxygen atoms in total. The fraction of sp³-hybridized carbons (Fsp3) is 0.0952. The molecule has 1 amide bonds. The van der Waals surface area contributed by atoms with Crippen molar-refractivity contribution in [3.05, 3.63) is 85.8 Å². The molecule has 29 heavy (non-hydrogen) atoms. The van der Waals surface area contributed by atoms with Gasteiger partial charge >= 0.3 is 0 Å². The second-order valence-corrected chi connectivity index (χ2v) is 8.20. The molecule has 0 aliphatic rings. The van der Waals surface area contributed by atoms with Gasteiger partial charge in [0.1, 0.15) is 5.75 Å². The van der Waals surface area contributed by atoms with Crippen molar-refractivity contribution in [3.63, 3.8) is 0 Å². The van der Waals surface area contributed by atoms with Crippen LogP contribution in [0.3, 0.4) is 0 Å². The number of amides is 1. The number of hydrogen-bond donors (Lipinski definition) is 2. The number of carbonyl (C=O) groups is 1. The summed E-state index contributed by atoms with van der Waals surface area (Å²) in [6.07, 6.45) is 0. The molecule has 3 aromatic rings. The molecule has 0 spiro atoms. The summed E-state index contributed by atoms with van der Waals surface area (Å²) in [5.74, 6) is 0.272. The number of rotatable bonds is 7. The average molecular weight is 515 g/mol. The maximum Gasteiger partial charge on any atom is 0.262 e. The lowest BCUT2D eigenvalue weighted by molar-refractivity contribution is -0.118. The Morgan fingerprint density at radius 3 is 2.31 bits per heavy atom. The van der Waals surface area contributed by atoms with Gasteiger partial charge in [-0.05, 0) is 76.1 Å². The zero-order valence-electron chi connectivity index (χ0n) is 15.0. The van der Waals surface area contributed by atoms with E-state index in [9.17, 15) is 4.79 Å². The van der Waals surface area contributed by atoms with Crippen molar-refractivity contribution in [2.24, 2.45) is 0 Å². The van der Waals surface area contributed by atoms with Crippen molar-refractivity contribution >= 4 is 68.0 Å². The molecule has 0 radical (unpaired) electrons. The van der Waals surface area contributed by atoms with E-state index in [1.807, 2.05) is 42.5 Å². The minimum atomic E-state index is -0.302. The monoisotopic (exact) mass is 512 g/mol. The van der Waals surface area contributed by atoms with Crippen LogP contribution in [-0.4, -0.2) is 12.5 Å². The SMILES string of the molecule is O=C(COc1ccc(CNc2ccc(Cl)cc2)cc1Br)Nc1ccc(Cl)c(Cl)c1.